The zero-order valence-corrected chi connectivity index (χ0v) is 19.4. The molecule has 0 aliphatic rings. The third-order valence-electron chi connectivity index (χ3n) is 6.25. The van der Waals surface area contributed by atoms with E-state index in [9.17, 15) is 31.1 Å². The molecule has 0 aliphatic carbocycles. The summed E-state index contributed by atoms with van der Waals surface area (Å²) in [5.74, 6) is -0.833. The monoisotopic (exact) mass is 493 g/mol. The van der Waals surface area contributed by atoms with Gasteiger partial charge in [0.15, 0.2) is 5.78 Å². The third-order valence-corrected chi connectivity index (χ3v) is 6.25. The van der Waals surface area contributed by atoms with Crippen molar-refractivity contribution in [2.45, 2.75) is 37.2 Å². The maximum atomic E-state index is 14.2. The van der Waals surface area contributed by atoms with E-state index in [4.69, 9.17) is 0 Å². The minimum atomic E-state index is -5.06. The molecule has 0 aromatic heterocycles. The average molecular weight is 493 g/mol. The topological polar surface area (TPSA) is 20.3 Å². The van der Waals surface area contributed by atoms with E-state index in [1.807, 2.05) is 11.8 Å². The number of rotatable bonds is 7. The van der Waals surface area contributed by atoms with Gasteiger partial charge in [-0.15, -0.1) is 0 Å². The summed E-state index contributed by atoms with van der Waals surface area (Å²) >= 11 is 0. The largest absolute Gasteiger partial charge is 0.416 e. The standard InChI is InChI=1S/C27H25F6NO/c1-18(34(2)3)17-25(20-10-6-4-7-11-20,21-12-8-5-9-13-21)24(35)19-14-22(26(28,29)30)16-23(15-19)27(31,32)33/h4-16,18H,17H2,1-3H3. The Labute approximate surface area is 200 Å². The van der Waals surface area contributed by atoms with Gasteiger partial charge in [-0.2, -0.15) is 26.3 Å². The smallest absolute Gasteiger partial charge is 0.307 e. The third kappa shape index (κ3) is 5.59. The molecule has 0 aliphatic heterocycles. The van der Waals surface area contributed by atoms with Gasteiger partial charge in [0.2, 0.25) is 0 Å². The second kappa shape index (κ2) is 9.85. The molecule has 1 atom stereocenters. The molecule has 1 unspecified atom stereocenters. The number of Topliss-reactive ketones (excluding diaryl/α,β-unsaturated/α-hetero) is 1. The molecule has 0 N–H and O–H groups in total. The number of carbonyl (C=O) groups is 1. The molecule has 3 aromatic rings. The predicted molar refractivity (Wildman–Crippen MR) is 122 cm³/mol. The minimum Gasteiger partial charge on any atom is -0.307 e. The van der Waals surface area contributed by atoms with E-state index in [2.05, 4.69) is 0 Å². The van der Waals surface area contributed by atoms with Gasteiger partial charge in [0.05, 0.1) is 16.5 Å². The number of ketones is 1. The SMILES string of the molecule is CC(CC(C(=O)c1cc(C(F)(F)F)cc(C(F)(F)F)c1)(c1ccccc1)c1ccccc1)N(C)C. The van der Waals surface area contributed by atoms with Crippen LogP contribution in [0.5, 0.6) is 0 Å². The number of nitrogens with zero attached hydrogens (tertiary/aromatic N) is 1. The first-order chi connectivity index (χ1) is 16.3. The van der Waals surface area contributed by atoms with Gasteiger partial charge in [-0.05, 0) is 56.8 Å². The molecule has 0 spiro atoms. The highest BCUT2D eigenvalue weighted by molar-refractivity contribution is 6.07. The fraction of sp³-hybridized carbons (Fsp3) is 0.296. The lowest BCUT2D eigenvalue weighted by atomic mass is 9.66. The van der Waals surface area contributed by atoms with Crippen LogP contribution >= 0.6 is 0 Å². The number of hydrogen-bond acceptors (Lipinski definition) is 2. The molecule has 0 amide bonds. The molecule has 0 heterocycles. The van der Waals surface area contributed by atoms with Crippen molar-refractivity contribution in [1.29, 1.82) is 0 Å². The average Bonchev–Trinajstić information content (AvgIpc) is 2.81. The lowest BCUT2D eigenvalue weighted by Gasteiger charge is -2.38. The van der Waals surface area contributed by atoms with E-state index >= 15 is 0 Å². The normalized spacial score (nSPS) is 13.7. The van der Waals surface area contributed by atoms with E-state index < -0.39 is 40.2 Å². The highest BCUT2D eigenvalue weighted by atomic mass is 19.4. The fourth-order valence-corrected chi connectivity index (χ4v) is 4.16. The van der Waals surface area contributed by atoms with Crippen molar-refractivity contribution >= 4 is 5.78 Å². The van der Waals surface area contributed by atoms with Crippen molar-refractivity contribution in [3.05, 3.63) is 107 Å². The van der Waals surface area contributed by atoms with Gasteiger partial charge < -0.3 is 4.90 Å². The Hall–Kier alpha value is -3.13. The number of hydrogen-bond donors (Lipinski definition) is 0. The summed E-state index contributed by atoms with van der Waals surface area (Å²) in [7, 11) is 3.59. The second-order valence-electron chi connectivity index (χ2n) is 8.78. The van der Waals surface area contributed by atoms with Crippen LogP contribution in [0.25, 0.3) is 0 Å². The van der Waals surface area contributed by atoms with Crippen LogP contribution in [0.4, 0.5) is 26.3 Å². The first-order valence-corrected chi connectivity index (χ1v) is 10.9. The Kier molecular flexibility index (Phi) is 7.45. The molecular formula is C27H25F6NO. The van der Waals surface area contributed by atoms with E-state index in [1.165, 1.54) is 0 Å². The van der Waals surface area contributed by atoms with Crippen LogP contribution in [0, 0.1) is 0 Å². The molecule has 8 heteroatoms. The summed E-state index contributed by atoms with van der Waals surface area (Å²) in [5, 5.41) is 0. The lowest BCUT2D eigenvalue weighted by Crippen LogP contribution is -2.43. The lowest BCUT2D eigenvalue weighted by molar-refractivity contribution is -0.143. The zero-order valence-electron chi connectivity index (χ0n) is 19.4. The highest BCUT2D eigenvalue weighted by Gasteiger charge is 2.45. The second-order valence-corrected chi connectivity index (χ2v) is 8.78. The Morgan fingerprint density at radius 3 is 1.46 bits per heavy atom. The fourth-order valence-electron chi connectivity index (χ4n) is 4.16. The molecule has 0 fully saturated rings. The number of carbonyl (C=O) groups excluding carboxylic acids is 1. The minimum absolute atomic E-state index is 0.0337. The summed E-state index contributed by atoms with van der Waals surface area (Å²) in [4.78, 5) is 16.1. The maximum absolute atomic E-state index is 14.2. The Bertz CT molecular complexity index is 1080. The number of halogens is 6. The summed E-state index contributed by atoms with van der Waals surface area (Å²) < 4.78 is 81.4. The molecule has 3 aromatic carbocycles. The van der Waals surface area contributed by atoms with Gasteiger partial charge in [-0.3, -0.25) is 4.79 Å². The summed E-state index contributed by atoms with van der Waals surface area (Å²) in [5.41, 5.74) is -4.26. The van der Waals surface area contributed by atoms with Crippen LogP contribution in [-0.2, 0) is 17.8 Å². The number of benzene rings is 3. The van der Waals surface area contributed by atoms with E-state index in [1.54, 1.807) is 74.8 Å². The van der Waals surface area contributed by atoms with Crippen molar-refractivity contribution in [2.24, 2.45) is 0 Å². The van der Waals surface area contributed by atoms with Crippen LogP contribution < -0.4 is 0 Å². The zero-order chi connectivity index (χ0) is 26.0. The van der Waals surface area contributed by atoms with Crippen LogP contribution in [0.2, 0.25) is 0 Å². The first-order valence-electron chi connectivity index (χ1n) is 10.9. The molecule has 35 heavy (non-hydrogen) atoms. The van der Waals surface area contributed by atoms with Crippen molar-refractivity contribution in [2.75, 3.05) is 14.1 Å². The van der Waals surface area contributed by atoms with E-state index in [0.717, 1.165) is 0 Å². The maximum Gasteiger partial charge on any atom is 0.416 e. The van der Waals surface area contributed by atoms with Crippen molar-refractivity contribution in [3.8, 4) is 0 Å². The molecule has 2 nitrogen and oxygen atoms in total. The Balaban J connectivity index is 2.37. The molecule has 0 radical (unpaired) electrons. The van der Waals surface area contributed by atoms with Gasteiger partial charge >= 0.3 is 12.4 Å². The predicted octanol–water partition coefficient (Wildman–Crippen LogP) is 7.23. The molecule has 3 rings (SSSR count). The van der Waals surface area contributed by atoms with Crippen LogP contribution in [0.15, 0.2) is 78.9 Å². The Morgan fingerprint density at radius 1 is 0.714 bits per heavy atom. The molecular weight excluding hydrogens is 468 g/mol. The van der Waals surface area contributed by atoms with Gasteiger partial charge in [-0.25, -0.2) is 0 Å². The quantitative estimate of drug-likeness (QED) is 0.256. The van der Waals surface area contributed by atoms with Crippen LogP contribution in [0.1, 0.15) is 46.0 Å². The van der Waals surface area contributed by atoms with Crippen molar-refractivity contribution in [1.82, 2.24) is 4.90 Å². The van der Waals surface area contributed by atoms with Crippen molar-refractivity contribution in [3.63, 3.8) is 0 Å². The summed E-state index contributed by atoms with van der Waals surface area (Å²) in [6.07, 6.45) is -9.99. The number of alkyl halides is 6. The van der Waals surface area contributed by atoms with Gasteiger partial charge in [0.1, 0.15) is 0 Å². The van der Waals surface area contributed by atoms with Gasteiger partial charge in [0, 0.05) is 11.6 Å². The molecule has 0 saturated carbocycles. The van der Waals surface area contributed by atoms with Gasteiger partial charge in [-0.1, -0.05) is 60.7 Å². The Morgan fingerprint density at radius 2 is 1.11 bits per heavy atom. The van der Waals surface area contributed by atoms with Crippen LogP contribution in [0.3, 0.4) is 0 Å². The van der Waals surface area contributed by atoms with Crippen molar-refractivity contribution < 1.29 is 31.1 Å². The highest BCUT2D eigenvalue weighted by Crippen LogP contribution is 2.43. The molecule has 0 saturated heterocycles. The van der Waals surface area contributed by atoms with Gasteiger partial charge in [0.25, 0.3) is 0 Å². The van der Waals surface area contributed by atoms with E-state index in [0.29, 0.717) is 23.3 Å². The van der Waals surface area contributed by atoms with Crippen LogP contribution in [-0.4, -0.2) is 30.8 Å². The van der Waals surface area contributed by atoms with E-state index in [-0.39, 0.29) is 18.5 Å². The summed E-state index contributed by atoms with van der Waals surface area (Å²) in [6.45, 7) is 1.85. The molecule has 186 valence electrons. The summed E-state index contributed by atoms with van der Waals surface area (Å²) in [6, 6.07) is 17.7. The first kappa shape index (κ1) is 26.5. The molecule has 0 bridgehead atoms.